The normalized spacial score (nSPS) is 21.4. The van der Waals surface area contributed by atoms with Crippen molar-refractivity contribution < 1.29 is 9.50 Å². The van der Waals surface area contributed by atoms with Gasteiger partial charge in [0.25, 0.3) is 0 Å². The van der Waals surface area contributed by atoms with Gasteiger partial charge in [0.2, 0.25) is 0 Å². The Morgan fingerprint density at radius 2 is 2.17 bits per heavy atom. The number of nitrogens with zero attached hydrogens (tertiary/aromatic N) is 1. The summed E-state index contributed by atoms with van der Waals surface area (Å²) in [4.78, 5) is 4.52. The van der Waals surface area contributed by atoms with E-state index in [1.165, 1.54) is 31.4 Å². The van der Waals surface area contributed by atoms with Crippen molar-refractivity contribution in [1.29, 1.82) is 0 Å². The van der Waals surface area contributed by atoms with Crippen LogP contribution in [-0.4, -0.2) is 23.7 Å². The second kappa shape index (κ2) is 9.95. The number of benzene rings is 1. The molecular weight excluding hydrogens is 408 g/mol. The van der Waals surface area contributed by atoms with Crippen molar-refractivity contribution in [3.63, 3.8) is 0 Å². The topological polar surface area (TPSA) is 56.7 Å². The molecule has 23 heavy (non-hydrogen) atoms. The van der Waals surface area contributed by atoms with E-state index in [4.69, 9.17) is 0 Å². The number of phenolic OH excluding ortho intramolecular Hbond substituents is 1. The molecule has 1 aromatic rings. The van der Waals surface area contributed by atoms with Gasteiger partial charge in [-0.05, 0) is 43.4 Å². The second-order valence-electron chi connectivity index (χ2n) is 6.09. The molecule has 1 aliphatic rings. The summed E-state index contributed by atoms with van der Waals surface area (Å²) in [7, 11) is 0. The molecule has 0 amide bonds. The quantitative estimate of drug-likeness (QED) is 0.383. The van der Waals surface area contributed by atoms with E-state index in [-0.39, 0.29) is 29.7 Å². The minimum Gasteiger partial charge on any atom is -0.505 e. The second-order valence-corrected chi connectivity index (χ2v) is 6.09. The Morgan fingerprint density at radius 1 is 1.39 bits per heavy atom. The molecule has 0 radical (unpaired) electrons. The number of hydrogen-bond acceptors (Lipinski definition) is 2. The smallest absolute Gasteiger partial charge is 0.191 e. The van der Waals surface area contributed by atoms with Crippen molar-refractivity contribution in [2.75, 3.05) is 6.54 Å². The van der Waals surface area contributed by atoms with E-state index < -0.39 is 5.82 Å². The zero-order valence-electron chi connectivity index (χ0n) is 13.8. The Balaban J connectivity index is 0.00000264. The van der Waals surface area contributed by atoms with Crippen LogP contribution < -0.4 is 10.6 Å². The number of nitrogens with one attached hydrogen (secondary N) is 2. The Labute approximate surface area is 155 Å². The third-order valence-corrected chi connectivity index (χ3v) is 4.05. The van der Waals surface area contributed by atoms with E-state index in [0.29, 0.717) is 12.6 Å². The molecule has 0 aliphatic heterocycles. The Hall–Kier alpha value is -1.05. The number of rotatable bonds is 4. The number of aliphatic imine (C=N–C) groups is 1. The van der Waals surface area contributed by atoms with Crippen LogP contribution in [0.4, 0.5) is 4.39 Å². The summed E-state index contributed by atoms with van der Waals surface area (Å²) in [6.07, 6.45) is 4.89. The maximum absolute atomic E-state index is 13.3. The lowest BCUT2D eigenvalue weighted by molar-refractivity contribution is 0.324. The van der Waals surface area contributed by atoms with Gasteiger partial charge in [-0.1, -0.05) is 25.8 Å². The molecule has 2 unspecified atom stereocenters. The Bertz CT molecular complexity index is 525. The van der Waals surface area contributed by atoms with E-state index in [0.717, 1.165) is 30.4 Å². The average molecular weight is 435 g/mol. The monoisotopic (exact) mass is 435 g/mol. The lowest BCUT2D eigenvalue weighted by Crippen LogP contribution is -2.45. The molecule has 3 N–H and O–H groups in total. The van der Waals surface area contributed by atoms with Crippen LogP contribution in [-0.2, 0) is 6.54 Å². The minimum atomic E-state index is -0.605. The van der Waals surface area contributed by atoms with Crippen LogP contribution in [0.1, 0.15) is 45.1 Å². The third kappa shape index (κ3) is 6.53. The van der Waals surface area contributed by atoms with Crippen LogP contribution >= 0.6 is 24.0 Å². The van der Waals surface area contributed by atoms with Gasteiger partial charge in [-0.3, -0.25) is 0 Å². The molecule has 1 saturated carbocycles. The van der Waals surface area contributed by atoms with Crippen LogP contribution in [0.25, 0.3) is 0 Å². The molecule has 130 valence electrons. The van der Waals surface area contributed by atoms with Gasteiger partial charge >= 0.3 is 0 Å². The maximum atomic E-state index is 13.3. The fraction of sp³-hybridized carbons (Fsp3) is 0.588. The number of phenols is 1. The van der Waals surface area contributed by atoms with Crippen LogP contribution in [0.3, 0.4) is 0 Å². The average Bonchev–Trinajstić information content (AvgIpc) is 2.48. The van der Waals surface area contributed by atoms with E-state index in [9.17, 15) is 9.50 Å². The largest absolute Gasteiger partial charge is 0.505 e. The van der Waals surface area contributed by atoms with Gasteiger partial charge in [-0.25, -0.2) is 9.38 Å². The first-order valence-electron chi connectivity index (χ1n) is 8.10. The molecule has 0 spiro atoms. The third-order valence-electron chi connectivity index (χ3n) is 4.05. The molecule has 1 fully saturated rings. The van der Waals surface area contributed by atoms with Crippen molar-refractivity contribution in [1.82, 2.24) is 10.6 Å². The van der Waals surface area contributed by atoms with E-state index in [1.54, 1.807) is 6.07 Å². The van der Waals surface area contributed by atoms with Crippen LogP contribution in [0.5, 0.6) is 5.75 Å². The van der Waals surface area contributed by atoms with Gasteiger partial charge in [0, 0.05) is 12.6 Å². The lowest BCUT2D eigenvalue weighted by atomic mass is 9.87. The van der Waals surface area contributed by atoms with Crippen LogP contribution in [0, 0.1) is 11.7 Å². The van der Waals surface area contributed by atoms with Crippen LogP contribution in [0.15, 0.2) is 23.2 Å². The van der Waals surface area contributed by atoms with E-state index >= 15 is 0 Å². The summed E-state index contributed by atoms with van der Waals surface area (Å²) in [5, 5.41) is 15.9. The predicted molar refractivity (Wildman–Crippen MR) is 103 cm³/mol. The highest BCUT2D eigenvalue weighted by molar-refractivity contribution is 14.0. The van der Waals surface area contributed by atoms with Crippen molar-refractivity contribution in [2.45, 2.75) is 52.1 Å². The van der Waals surface area contributed by atoms with Gasteiger partial charge in [0.05, 0.1) is 6.54 Å². The number of aromatic hydroxyl groups is 1. The minimum absolute atomic E-state index is 0. The molecule has 1 aromatic carbocycles. The fourth-order valence-corrected chi connectivity index (χ4v) is 2.90. The molecule has 2 atom stereocenters. The highest BCUT2D eigenvalue weighted by atomic mass is 127. The summed E-state index contributed by atoms with van der Waals surface area (Å²) < 4.78 is 13.3. The van der Waals surface area contributed by atoms with E-state index in [2.05, 4.69) is 22.5 Å². The SMILES string of the molecule is CCNC(=NCc1ccc(O)c(F)c1)NC1CCCC(C)C1.I. The zero-order valence-corrected chi connectivity index (χ0v) is 16.1. The van der Waals surface area contributed by atoms with Gasteiger partial charge in [0.1, 0.15) is 0 Å². The molecule has 0 heterocycles. The lowest BCUT2D eigenvalue weighted by Gasteiger charge is -2.28. The van der Waals surface area contributed by atoms with Gasteiger partial charge in [-0.2, -0.15) is 0 Å². The first-order chi connectivity index (χ1) is 10.6. The first-order valence-corrected chi connectivity index (χ1v) is 8.10. The number of hydrogen-bond donors (Lipinski definition) is 3. The Kier molecular flexibility index (Phi) is 8.65. The van der Waals surface area contributed by atoms with Gasteiger partial charge in [0.15, 0.2) is 17.5 Å². The summed E-state index contributed by atoms with van der Waals surface area (Å²) in [5.74, 6) is 0.594. The molecule has 4 nitrogen and oxygen atoms in total. The summed E-state index contributed by atoms with van der Waals surface area (Å²) in [6.45, 7) is 5.49. The molecule has 2 rings (SSSR count). The first kappa shape index (κ1) is 20.0. The van der Waals surface area contributed by atoms with Crippen LogP contribution in [0.2, 0.25) is 0 Å². The number of halogens is 2. The maximum Gasteiger partial charge on any atom is 0.191 e. The molecule has 0 saturated heterocycles. The van der Waals surface area contributed by atoms with Crippen molar-refractivity contribution in [3.8, 4) is 5.75 Å². The number of guanidine groups is 1. The van der Waals surface area contributed by atoms with Gasteiger partial charge in [-0.15, -0.1) is 24.0 Å². The summed E-state index contributed by atoms with van der Waals surface area (Å²) >= 11 is 0. The molecule has 0 bridgehead atoms. The molecule has 1 aliphatic carbocycles. The van der Waals surface area contributed by atoms with Crippen molar-refractivity contribution in [2.24, 2.45) is 10.9 Å². The molecule has 0 aromatic heterocycles. The summed E-state index contributed by atoms with van der Waals surface area (Å²) in [5.41, 5.74) is 0.740. The highest BCUT2D eigenvalue weighted by Crippen LogP contribution is 2.23. The van der Waals surface area contributed by atoms with Gasteiger partial charge < -0.3 is 15.7 Å². The molecule has 6 heteroatoms. The van der Waals surface area contributed by atoms with Crippen molar-refractivity contribution in [3.05, 3.63) is 29.6 Å². The molecular formula is C17H27FIN3O. The summed E-state index contributed by atoms with van der Waals surface area (Å²) in [6, 6.07) is 4.83. The van der Waals surface area contributed by atoms with E-state index in [1.807, 2.05) is 6.92 Å². The van der Waals surface area contributed by atoms with Crippen molar-refractivity contribution >= 4 is 29.9 Å². The predicted octanol–water partition coefficient (Wildman–Crippen LogP) is 3.78. The highest BCUT2D eigenvalue weighted by Gasteiger charge is 2.19. The zero-order chi connectivity index (χ0) is 15.9. The fourth-order valence-electron chi connectivity index (χ4n) is 2.90. The standard InChI is InChI=1S/C17H26FN3O.HI/c1-3-19-17(21-14-6-4-5-12(2)9-14)20-11-13-7-8-16(22)15(18)10-13;/h7-8,10,12,14,22H,3-6,9,11H2,1-2H3,(H2,19,20,21);1H. The Morgan fingerprint density at radius 3 is 2.83 bits per heavy atom.